The van der Waals surface area contributed by atoms with Crippen LogP contribution in [0.5, 0.6) is 5.75 Å². The molecule has 32 heavy (non-hydrogen) atoms. The van der Waals surface area contributed by atoms with Crippen LogP contribution in [-0.2, 0) is 0 Å². The fraction of sp³-hybridized carbons (Fsp3) is 0.381. The molecule has 1 saturated heterocycles. The van der Waals surface area contributed by atoms with Crippen LogP contribution in [0.25, 0.3) is 5.65 Å². The summed E-state index contributed by atoms with van der Waals surface area (Å²) in [4.78, 5) is 19.1. The summed E-state index contributed by atoms with van der Waals surface area (Å²) in [5.74, 6) is -2.90. The Balaban J connectivity index is 1.69. The Labute approximate surface area is 182 Å². The number of amides is 1. The zero-order valence-corrected chi connectivity index (χ0v) is 17.6. The largest absolute Gasteiger partial charge is 0.496 e. The lowest BCUT2D eigenvalue weighted by Gasteiger charge is -2.27. The lowest BCUT2D eigenvalue weighted by Crippen LogP contribution is -2.55. The molecule has 1 amide bonds. The number of halogens is 1. The summed E-state index contributed by atoms with van der Waals surface area (Å²) in [5.41, 5.74) is 0.901. The Hall–Kier alpha value is -3.28. The van der Waals surface area contributed by atoms with Crippen LogP contribution in [0, 0.1) is 5.82 Å². The summed E-state index contributed by atoms with van der Waals surface area (Å²) >= 11 is 0. The van der Waals surface area contributed by atoms with Crippen molar-refractivity contribution in [3.63, 3.8) is 0 Å². The van der Waals surface area contributed by atoms with Gasteiger partial charge < -0.3 is 25.0 Å². The van der Waals surface area contributed by atoms with Crippen LogP contribution in [0.3, 0.4) is 0 Å². The van der Waals surface area contributed by atoms with Crippen molar-refractivity contribution < 1.29 is 29.2 Å². The van der Waals surface area contributed by atoms with E-state index in [9.17, 15) is 24.5 Å². The molecule has 3 heterocycles. The second kappa shape index (κ2) is 8.34. The molecular formula is C21H24FN5O5. The van der Waals surface area contributed by atoms with Gasteiger partial charge in [-0.1, -0.05) is 0 Å². The Morgan fingerprint density at radius 3 is 2.88 bits per heavy atom. The van der Waals surface area contributed by atoms with Gasteiger partial charge in [0.05, 0.1) is 19.3 Å². The quantitative estimate of drug-likeness (QED) is 0.413. The van der Waals surface area contributed by atoms with Gasteiger partial charge in [-0.3, -0.25) is 10.1 Å². The number of methoxy groups -OCH3 is 1. The minimum Gasteiger partial charge on any atom is -0.496 e. The van der Waals surface area contributed by atoms with Crippen molar-refractivity contribution in [3.8, 4) is 5.75 Å². The molecule has 4 N–H and O–H groups in total. The molecule has 10 nitrogen and oxygen atoms in total. The summed E-state index contributed by atoms with van der Waals surface area (Å²) in [6.45, 7) is 1.79. The second-order valence-corrected chi connectivity index (χ2v) is 7.71. The van der Waals surface area contributed by atoms with Gasteiger partial charge in [0.2, 0.25) is 0 Å². The highest BCUT2D eigenvalue weighted by molar-refractivity contribution is 6.00. The highest BCUT2D eigenvalue weighted by Crippen LogP contribution is 2.39. The van der Waals surface area contributed by atoms with E-state index < -0.39 is 17.9 Å². The van der Waals surface area contributed by atoms with E-state index in [0.29, 0.717) is 23.7 Å². The van der Waals surface area contributed by atoms with Crippen molar-refractivity contribution in [2.75, 3.05) is 18.6 Å². The topological polar surface area (TPSA) is 132 Å². The van der Waals surface area contributed by atoms with Crippen molar-refractivity contribution in [1.82, 2.24) is 19.9 Å². The number of nitrogens with one attached hydrogen (secondary N) is 1. The monoisotopic (exact) mass is 445 g/mol. The standard InChI is InChI=1S/C21H24FN5O5/c1-12(28)21(30,31)25-20(29)15-11-23-27-9-7-18(24-19(15)27)26-8-3-4-16(26)14-10-13(22)5-6-17(14)32-2/h5-7,9-12,16,28,30-31H,3-4,8H2,1-2H3,(H,25,29)/t12-,16-/m1/s1. The average Bonchev–Trinajstić information content (AvgIpc) is 3.40. The normalized spacial score (nSPS) is 17.6. The van der Waals surface area contributed by atoms with Gasteiger partial charge in [-0.2, -0.15) is 5.10 Å². The fourth-order valence-electron chi connectivity index (χ4n) is 3.85. The number of carbonyl (C=O) groups is 1. The molecule has 0 spiro atoms. The van der Waals surface area contributed by atoms with Gasteiger partial charge in [0.15, 0.2) is 5.65 Å². The molecular weight excluding hydrogens is 421 g/mol. The molecule has 0 unspecified atom stereocenters. The Bertz CT molecular complexity index is 1150. The van der Waals surface area contributed by atoms with E-state index in [-0.39, 0.29) is 23.1 Å². The molecule has 0 saturated carbocycles. The number of anilines is 1. The van der Waals surface area contributed by atoms with Gasteiger partial charge in [-0.25, -0.2) is 13.9 Å². The maximum absolute atomic E-state index is 14.0. The van der Waals surface area contributed by atoms with Crippen LogP contribution in [0.15, 0.2) is 36.7 Å². The Kier molecular flexibility index (Phi) is 5.71. The van der Waals surface area contributed by atoms with Crippen molar-refractivity contribution in [1.29, 1.82) is 0 Å². The van der Waals surface area contributed by atoms with Crippen LogP contribution in [0.1, 0.15) is 41.7 Å². The van der Waals surface area contributed by atoms with E-state index in [0.717, 1.165) is 19.8 Å². The molecule has 1 fully saturated rings. The zero-order valence-electron chi connectivity index (χ0n) is 17.6. The number of nitrogens with zero attached hydrogens (tertiary/aromatic N) is 4. The van der Waals surface area contributed by atoms with Crippen LogP contribution in [-0.4, -0.2) is 61.5 Å². The number of aliphatic hydroxyl groups is 3. The SMILES string of the molecule is COc1ccc(F)cc1[C@H]1CCCN1c1ccn2ncc(C(=O)NC(O)(O)[C@@H](C)O)c2n1. The van der Waals surface area contributed by atoms with Crippen LogP contribution < -0.4 is 15.0 Å². The number of ether oxygens (including phenoxy) is 1. The summed E-state index contributed by atoms with van der Waals surface area (Å²) in [7, 11) is 1.53. The van der Waals surface area contributed by atoms with E-state index in [4.69, 9.17) is 4.74 Å². The molecule has 3 aromatic rings. The Morgan fingerprint density at radius 2 is 2.16 bits per heavy atom. The number of fused-ring (bicyclic) bond motifs is 1. The molecule has 0 radical (unpaired) electrons. The molecule has 4 rings (SSSR count). The lowest BCUT2D eigenvalue weighted by atomic mass is 10.0. The number of hydrogen-bond donors (Lipinski definition) is 4. The smallest absolute Gasteiger partial charge is 0.273 e. The molecule has 0 bridgehead atoms. The van der Waals surface area contributed by atoms with Gasteiger partial charge in [-0.15, -0.1) is 0 Å². The molecule has 2 atom stereocenters. The molecule has 2 aromatic heterocycles. The van der Waals surface area contributed by atoms with Crippen LogP contribution in [0.4, 0.5) is 10.2 Å². The van der Waals surface area contributed by atoms with Crippen LogP contribution in [0.2, 0.25) is 0 Å². The molecule has 1 aliphatic heterocycles. The minimum atomic E-state index is -2.81. The molecule has 0 aliphatic carbocycles. The van der Waals surface area contributed by atoms with E-state index in [1.54, 1.807) is 18.3 Å². The summed E-state index contributed by atoms with van der Waals surface area (Å²) in [6, 6.07) is 5.96. The lowest BCUT2D eigenvalue weighted by molar-refractivity contribution is -0.232. The summed E-state index contributed by atoms with van der Waals surface area (Å²) < 4.78 is 20.8. The number of carbonyl (C=O) groups excluding carboxylic acids is 1. The third kappa shape index (κ3) is 3.97. The zero-order chi connectivity index (χ0) is 23.0. The predicted octanol–water partition coefficient (Wildman–Crippen LogP) is 0.967. The van der Waals surface area contributed by atoms with Crippen molar-refractivity contribution in [2.24, 2.45) is 0 Å². The minimum absolute atomic E-state index is 0.000872. The third-order valence-corrected chi connectivity index (χ3v) is 5.58. The number of benzene rings is 1. The van der Waals surface area contributed by atoms with Gasteiger partial charge in [-0.05, 0) is 44.0 Å². The molecule has 170 valence electrons. The van der Waals surface area contributed by atoms with E-state index >= 15 is 0 Å². The van der Waals surface area contributed by atoms with Gasteiger partial charge >= 0.3 is 0 Å². The second-order valence-electron chi connectivity index (χ2n) is 7.71. The van der Waals surface area contributed by atoms with Crippen molar-refractivity contribution in [2.45, 2.75) is 37.8 Å². The third-order valence-electron chi connectivity index (χ3n) is 5.58. The number of rotatable bonds is 6. The average molecular weight is 445 g/mol. The highest BCUT2D eigenvalue weighted by atomic mass is 19.1. The van der Waals surface area contributed by atoms with Crippen molar-refractivity contribution in [3.05, 3.63) is 53.6 Å². The maximum atomic E-state index is 14.0. The van der Waals surface area contributed by atoms with E-state index in [1.165, 1.54) is 30.0 Å². The highest BCUT2D eigenvalue weighted by Gasteiger charge is 2.34. The number of aromatic nitrogens is 3. The number of hydrogen-bond acceptors (Lipinski definition) is 8. The molecule has 1 aromatic carbocycles. The van der Waals surface area contributed by atoms with E-state index in [1.807, 2.05) is 10.2 Å². The van der Waals surface area contributed by atoms with Crippen molar-refractivity contribution >= 4 is 17.4 Å². The first-order valence-corrected chi connectivity index (χ1v) is 10.1. The predicted molar refractivity (Wildman–Crippen MR) is 112 cm³/mol. The maximum Gasteiger partial charge on any atom is 0.273 e. The first kappa shape index (κ1) is 21.9. The number of aliphatic hydroxyl groups excluding tert-OH is 1. The van der Waals surface area contributed by atoms with Gasteiger partial charge in [0, 0.05) is 18.3 Å². The fourth-order valence-corrected chi connectivity index (χ4v) is 3.85. The van der Waals surface area contributed by atoms with Crippen LogP contribution >= 0.6 is 0 Å². The Morgan fingerprint density at radius 1 is 1.38 bits per heavy atom. The molecule has 11 heteroatoms. The summed E-state index contributed by atoms with van der Waals surface area (Å²) in [6.07, 6.45) is 2.88. The first-order valence-electron chi connectivity index (χ1n) is 10.1. The van der Waals surface area contributed by atoms with E-state index in [2.05, 4.69) is 10.1 Å². The molecule has 1 aliphatic rings. The van der Waals surface area contributed by atoms with Gasteiger partial charge in [0.25, 0.3) is 11.8 Å². The van der Waals surface area contributed by atoms with Gasteiger partial charge in [0.1, 0.15) is 29.1 Å². The first-order chi connectivity index (χ1) is 15.2. The summed E-state index contributed by atoms with van der Waals surface area (Å²) in [5, 5.41) is 35.0.